The number of methoxy groups -OCH3 is 1. The third-order valence-electron chi connectivity index (χ3n) is 4.17. The summed E-state index contributed by atoms with van der Waals surface area (Å²) in [6, 6.07) is 9.48. The van der Waals surface area contributed by atoms with E-state index in [1.54, 1.807) is 19.4 Å². The molecule has 3 aromatic rings. The Morgan fingerprint density at radius 3 is 2.77 bits per heavy atom. The Kier molecular flexibility index (Phi) is 3.93. The van der Waals surface area contributed by atoms with Crippen LogP contribution >= 0.6 is 12.2 Å². The van der Waals surface area contributed by atoms with Gasteiger partial charge in [-0.25, -0.2) is 4.79 Å². The van der Waals surface area contributed by atoms with Crippen LogP contribution in [0, 0.1) is 11.6 Å². The first-order chi connectivity index (χ1) is 12.6. The first-order valence-corrected chi connectivity index (χ1v) is 8.33. The van der Waals surface area contributed by atoms with Gasteiger partial charge in [0.2, 0.25) is 0 Å². The lowest BCUT2D eigenvalue weighted by Crippen LogP contribution is -1.97. The fourth-order valence-corrected chi connectivity index (χ4v) is 3.29. The fourth-order valence-electron chi connectivity index (χ4n) is 2.93. The van der Waals surface area contributed by atoms with Gasteiger partial charge in [0.25, 0.3) is 0 Å². The Labute approximate surface area is 154 Å². The van der Waals surface area contributed by atoms with Crippen molar-refractivity contribution in [3.05, 3.63) is 63.6 Å². The van der Waals surface area contributed by atoms with E-state index in [0.29, 0.717) is 21.5 Å². The molecule has 6 nitrogen and oxygen atoms in total. The molecule has 0 bridgehead atoms. The topological polar surface area (TPSA) is 80.0 Å². The van der Waals surface area contributed by atoms with Crippen molar-refractivity contribution in [2.75, 3.05) is 7.11 Å². The SMILES string of the molecule is COc1ccc(-c2[nH]ncc2/C=C2\OC(=O)c3c2cc(C)[nH]c3=S)cc1. The standard InChI is InChI=1S/C19H15N3O3S/c1-10-7-14-15(25-19(23)16(14)18(26)21-10)8-12-9-20-22-17(12)11-3-5-13(24-2)6-4-11/h3-9H,1-2H3,(H,20,22)(H,21,26)/b15-8-. The van der Waals surface area contributed by atoms with Crippen molar-refractivity contribution in [2.24, 2.45) is 0 Å². The van der Waals surface area contributed by atoms with Crippen molar-refractivity contribution in [1.82, 2.24) is 15.2 Å². The highest BCUT2D eigenvalue weighted by atomic mass is 32.1. The molecule has 1 aliphatic rings. The van der Waals surface area contributed by atoms with Gasteiger partial charge in [0.15, 0.2) is 0 Å². The van der Waals surface area contributed by atoms with Crippen molar-refractivity contribution < 1.29 is 14.3 Å². The number of fused-ring (bicyclic) bond motifs is 1. The van der Waals surface area contributed by atoms with Crippen LogP contribution in [0.3, 0.4) is 0 Å². The van der Waals surface area contributed by atoms with Gasteiger partial charge in [-0.3, -0.25) is 5.10 Å². The zero-order valence-corrected chi connectivity index (χ0v) is 14.9. The molecule has 1 aliphatic heterocycles. The number of hydrogen-bond acceptors (Lipinski definition) is 5. The number of aryl methyl sites for hydroxylation is 1. The maximum absolute atomic E-state index is 12.2. The molecule has 0 atom stereocenters. The van der Waals surface area contributed by atoms with Crippen molar-refractivity contribution in [2.45, 2.75) is 6.92 Å². The fraction of sp³-hybridized carbons (Fsp3) is 0.105. The van der Waals surface area contributed by atoms with Gasteiger partial charge >= 0.3 is 5.97 Å². The summed E-state index contributed by atoms with van der Waals surface area (Å²) in [5.41, 5.74) is 4.52. The average molecular weight is 365 g/mol. The lowest BCUT2D eigenvalue weighted by atomic mass is 10.0. The van der Waals surface area contributed by atoms with E-state index in [4.69, 9.17) is 21.7 Å². The lowest BCUT2D eigenvalue weighted by molar-refractivity contribution is 0.0716. The number of carbonyl (C=O) groups excluding carboxylic acids is 1. The first-order valence-electron chi connectivity index (χ1n) is 7.93. The zero-order chi connectivity index (χ0) is 18.3. The first kappa shape index (κ1) is 16.3. The Bertz CT molecular complexity index is 1090. The van der Waals surface area contributed by atoms with E-state index >= 15 is 0 Å². The number of esters is 1. The Hall–Kier alpha value is -3.19. The molecule has 0 unspecified atom stereocenters. The second kappa shape index (κ2) is 6.27. The van der Waals surface area contributed by atoms with Crippen LogP contribution in [0.4, 0.5) is 0 Å². The van der Waals surface area contributed by atoms with E-state index in [1.807, 2.05) is 37.3 Å². The van der Waals surface area contributed by atoms with Crippen molar-refractivity contribution in [3.63, 3.8) is 0 Å². The van der Waals surface area contributed by atoms with E-state index in [-0.39, 0.29) is 0 Å². The number of carbonyl (C=O) groups is 1. The molecule has 3 heterocycles. The van der Waals surface area contributed by atoms with Gasteiger partial charge in [-0.2, -0.15) is 5.10 Å². The molecule has 0 amide bonds. The van der Waals surface area contributed by atoms with Crippen LogP contribution in [0.25, 0.3) is 23.1 Å². The second-order valence-corrected chi connectivity index (χ2v) is 6.31. The second-order valence-electron chi connectivity index (χ2n) is 5.90. The van der Waals surface area contributed by atoms with Crippen LogP contribution in [0.5, 0.6) is 5.75 Å². The number of hydrogen-bond donors (Lipinski definition) is 2. The normalized spacial score (nSPS) is 14.4. The minimum atomic E-state index is -0.443. The zero-order valence-electron chi connectivity index (χ0n) is 14.1. The number of benzene rings is 1. The summed E-state index contributed by atoms with van der Waals surface area (Å²) in [6.45, 7) is 1.89. The number of aromatic amines is 2. The summed E-state index contributed by atoms with van der Waals surface area (Å²) >= 11 is 5.26. The summed E-state index contributed by atoms with van der Waals surface area (Å²) < 4.78 is 11.0. The number of aromatic nitrogens is 3. The number of ether oxygens (including phenoxy) is 2. The third-order valence-corrected chi connectivity index (χ3v) is 4.48. The van der Waals surface area contributed by atoms with E-state index in [0.717, 1.165) is 28.3 Å². The highest BCUT2D eigenvalue weighted by Crippen LogP contribution is 2.34. The molecule has 0 aliphatic carbocycles. The number of nitrogens with zero attached hydrogens (tertiary/aromatic N) is 1. The van der Waals surface area contributed by atoms with Crippen LogP contribution in [0.1, 0.15) is 27.2 Å². The summed E-state index contributed by atoms with van der Waals surface area (Å²) in [5.74, 6) is 0.794. The quantitative estimate of drug-likeness (QED) is 0.539. The molecular weight excluding hydrogens is 350 g/mol. The van der Waals surface area contributed by atoms with Gasteiger partial charge in [0.05, 0.1) is 19.0 Å². The maximum atomic E-state index is 12.2. The van der Waals surface area contributed by atoms with Crippen LogP contribution in [0.15, 0.2) is 36.5 Å². The molecule has 0 radical (unpaired) electrons. The minimum absolute atomic E-state index is 0.385. The molecule has 130 valence electrons. The number of nitrogens with one attached hydrogen (secondary N) is 2. The van der Waals surface area contributed by atoms with E-state index in [2.05, 4.69) is 15.2 Å². The molecule has 2 N–H and O–H groups in total. The van der Waals surface area contributed by atoms with Gasteiger partial charge in [-0.05, 0) is 43.3 Å². The van der Waals surface area contributed by atoms with Gasteiger partial charge in [0, 0.05) is 22.4 Å². The summed E-state index contributed by atoms with van der Waals surface area (Å²) in [5, 5.41) is 7.11. The molecule has 0 fully saturated rings. The van der Waals surface area contributed by atoms with Gasteiger partial charge in [-0.1, -0.05) is 12.2 Å². The third kappa shape index (κ3) is 2.72. The van der Waals surface area contributed by atoms with Crippen LogP contribution < -0.4 is 4.74 Å². The minimum Gasteiger partial charge on any atom is -0.497 e. The van der Waals surface area contributed by atoms with E-state index in [9.17, 15) is 4.79 Å². The smallest absolute Gasteiger partial charge is 0.347 e. The highest BCUT2D eigenvalue weighted by Gasteiger charge is 2.28. The van der Waals surface area contributed by atoms with Crippen LogP contribution in [0.2, 0.25) is 0 Å². The molecule has 1 aromatic carbocycles. The molecule has 2 aromatic heterocycles. The number of H-pyrrole nitrogens is 2. The predicted molar refractivity (Wildman–Crippen MR) is 100 cm³/mol. The lowest BCUT2D eigenvalue weighted by Gasteiger charge is -2.04. The van der Waals surface area contributed by atoms with Crippen molar-refractivity contribution in [1.29, 1.82) is 0 Å². The summed E-state index contributed by atoms with van der Waals surface area (Å²) in [7, 11) is 1.62. The van der Waals surface area contributed by atoms with Crippen molar-refractivity contribution >= 4 is 30.0 Å². The Morgan fingerprint density at radius 2 is 2.04 bits per heavy atom. The average Bonchev–Trinajstić information content (AvgIpc) is 3.20. The molecule has 4 rings (SSSR count). The summed E-state index contributed by atoms with van der Waals surface area (Å²) in [6.07, 6.45) is 3.48. The molecule has 26 heavy (non-hydrogen) atoms. The largest absolute Gasteiger partial charge is 0.497 e. The molecule has 0 saturated heterocycles. The molecule has 0 saturated carbocycles. The highest BCUT2D eigenvalue weighted by molar-refractivity contribution is 7.71. The van der Waals surface area contributed by atoms with E-state index in [1.165, 1.54) is 0 Å². The van der Waals surface area contributed by atoms with Crippen LogP contribution in [-0.2, 0) is 4.74 Å². The Morgan fingerprint density at radius 1 is 1.27 bits per heavy atom. The summed E-state index contributed by atoms with van der Waals surface area (Å²) in [4.78, 5) is 15.2. The van der Waals surface area contributed by atoms with Gasteiger partial charge < -0.3 is 14.5 Å². The maximum Gasteiger partial charge on any atom is 0.347 e. The molecular formula is C19H15N3O3S. The molecule has 7 heteroatoms. The number of rotatable bonds is 3. The van der Waals surface area contributed by atoms with Gasteiger partial charge in [0.1, 0.15) is 21.7 Å². The monoisotopic (exact) mass is 365 g/mol. The number of pyridine rings is 1. The van der Waals surface area contributed by atoms with Gasteiger partial charge in [-0.15, -0.1) is 0 Å². The Balaban J connectivity index is 1.79. The molecule has 0 spiro atoms. The van der Waals surface area contributed by atoms with Crippen LogP contribution in [-0.4, -0.2) is 28.3 Å². The number of cyclic esters (lactones) is 1. The van der Waals surface area contributed by atoms with E-state index < -0.39 is 5.97 Å². The van der Waals surface area contributed by atoms with Crippen molar-refractivity contribution in [3.8, 4) is 17.0 Å². The predicted octanol–water partition coefficient (Wildman–Crippen LogP) is 4.12.